The molecule has 0 amide bonds. The van der Waals surface area contributed by atoms with E-state index in [0.717, 1.165) is 13.0 Å². The van der Waals surface area contributed by atoms with Crippen LogP contribution in [0.5, 0.6) is 0 Å². The second kappa shape index (κ2) is 6.06. The maximum absolute atomic E-state index is 5.37. The molecule has 1 saturated heterocycles. The standard InChI is InChI=1S/C12H22N2/c1-4-7-12(5-2)14-9-8-11(10-14)13-6-3/h1,11-13H,5-10H2,2-3H3. The summed E-state index contributed by atoms with van der Waals surface area (Å²) in [6.07, 6.45) is 8.71. The van der Waals surface area contributed by atoms with Gasteiger partial charge in [-0.05, 0) is 19.4 Å². The molecule has 1 aliphatic heterocycles. The number of hydrogen-bond acceptors (Lipinski definition) is 2. The van der Waals surface area contributed by atoms with Gasteiger partial charge in [0.1, 0.15) is 0 Å². The van der Waals surface area contributed by atoms with E-state index in [4.69, 9.17) is 6.42 Å². The Kier molecular flexibility index (Phi) is 5.00. The van der Waals surface area contributed by atoms with Crippen molar-refractivity contribution < 1.29 is 0 Å². The van der Waals surface area contributed by atoms with E-state index in [1.165, 1.54) is 25.9 Å². The van der Waals surface area contributed by atoms with Crippen molar-refractivity contribution >= 4 is 0 Å². The summed E-state index contributed by atoms with van der Waals surface area (Å²) >= 11 is 0. The fourth-order valence-corrected chi connectivity index (χ4v) is 2.24. The lowest BCUT2D eigenvalue weighted by molar-refractivity contribution is 0.234. The Morgan fingerprint density at radius 1 is 1.57 bits per heavy atom. The Hall–Kier alpha value is -0.520. The van der Waals surface area contributed by atoms with Gasteiger partial charge in [0.15, 0.2) is 0 Å². The number of likely N-dealkylation sites (N-methyl/N-ethyl adjacent to an activating group) is 1. The van der Waals surface area contributed by atoms with Gasteiger partial charge in [-0.1, -0.05) is 13.8 Å². The summed E-state index contributed by atoms with van der Waals surface area (Å²) in [4.78, 5) is 2.53. The number of terminal acetylenes is 1. The van der Waals surface area contributed by atoms with Crippen LogP contribution in [0.3, 0.4) is 0 Å². The van der Waals surface area contributed by atoms with Gasteiger partial charge in [-0.25, -0.2) is 0 Å². The zero-order valence-electron chi connectivity index (χ0n) is 9.42. The molecule has 2 unspecified atom stereocenters. The highest BCUT2D eigenvalue weighted by molar-refractivity contribution is 4.93. The smallest absolute Gasteiger partial charge is 0.0242 e. The minimum absolute atomic E-state index is 0.601. The maximum Gasteiger partial charge on any atom is 0.0242 e. The number of nitrogens with one attached hydrogen (secondary N) is 1. The Morgan fingerprint density at radius 3 is 2.93 bits per heavy atom. The Bertz CT molecular complexity index is 195. The molecule has 1 fully saturated rings. The first-order chi connectivity index (χ1) is 6.81. The molecule has 2 nitrogen and oxygen atoms in total. The molecule has 80 valence electrons. The van der Waals surface area contributed by atoms with Crippen molar-refractivity contribution in [3.63, 3.8) is 0 Å². The van der Waals surface area contributed by atoms with Crippen molar-refractivity contribution in [1.29, 1.82) is 0 Å². The van der Waals surface area contributed by atoms with Gasteiger partial charge in [0.05, 0.1) is 0 Å². The van der Waals surface area contributed by atoms with Crippen molar-refractivity contribution in [2.75, 3.05) is 19.6 Å². The third-order valence-corrected chi connectivity index (χ3v) is 3.05. The number of nitrogens with zero attached hydrogens (tertiary/aromatic N) is 1. The summed E-state index contributed by atoms with van der Waals surface area (Å²) in [5.41, 5.74) is 0. The number of rotatable bonds is 5. The van der Waals surface area contributed by atoms with Crippen molar-refractivity contribution in [2.45, 2.75) is 45.2 Å². The molecule has 0 aliphatic carbocycles. The second-order valence-electron chi connectivity index (χ2n) is 4.01. The van der Waals surface area contributed by atoms with Crippen LogP contribution in [0.25, 0.3) is 0 Å². The molecule has 1 N–H and O–H groups in total. The minimum Gasteiger partial charge on any atom is -0.313 e. The van der Waals surface area contributed by atoms with Gasteiger partial charge in [-0.3, -0.25) is 4.90 Å². The lowest BCUT2D eigenvalue weighted by atomic mass is 10.1. The largest absolute Gasteiger partial charge is 0.313 e. The second-order valence-corrected chi connectivity index (χ2v) is 4.01. The fraction of sp³-hybridized carbons (Fsp3) is 0.833. The molecule has 1 rings (SSSR count). The number of hydrogen-bond donors (Lipinski definition) is 1. The first-order valence-electron chi connectivity index (χ1n) is 5.72. The van der Waals surface area contributed by atoms with E-state index < -0.39 is 0 Å². The van der Waals surface area contributed by atoms with E-state index in [2.05, 4.69) is 30.0 Å². The summed E-state index contributed by atoms with van der Waals surface area (Å²) in [7, 11) is 0. The van der Waals surface area contributed by atoms with Gasteiger partial charge in [0, 0.05) is 31.6 Å². The zero-order chi connectivity index (χ0) is 10.4. The fourth-order valence-electron chi connectivity index (χ4n) is 2.24. The molecule has 14 heavy (non-hydrogen) atoms. The van der Waals surface area contributed by atoms with Crippen LogP contribution >= 0.6 is 0 Å². The van der Waals surface area contributed by atoms with Gasteiger partial charge in [-0.2, -0.15) is 0 Å². The van der Waals surface area contributed by atoms with Crippen LogP contribution in [-0.4, -0.2) is 36.6 Å². The molecule has 0 spiro atoms. The summed E-state index contributed by atoms with van der Waals surface area (Å²) < 4.78 is 0. The zero-order valence-corrected chi connectivity index (χ0v) is 9.42. The molecule has 1 heterocycles. The maximum atomic E-state index is 5.37. The third-order valence-electron chi connectivity index (χ3n) is 3.05. The summed E-state index contributed by atoms with van der Waals surface area (Å²) in [6.45, 7) is 7.85. The average molecular weight is 194 g/mol. The number of likely N-dealkylation sites (tertiary alicyclic amines) is 1. The van der Waals surface area contributed by atoms with Crippen molar-refractivity contribution in [3.05, 3.63) is 0 Å². The van der Waals surface area contributed by atoms with E-state index >= 15 is 0 Å². The van der Waals surface area contributed by atoms with Crippen LogP contribution in [0.1, 0.15) is 33.1 Å². The normalized spacial score (nSPS) is 24.8. The molecule has 0 bridgehead atoms. The molecular formula is C12H22N2. The van der Waals surface area contributed by atoms with Crippen LogP contribution in [0.4, 0.5) is 0 Å². The third kappa shape index (κ3) is 3.01. The van der Waals surface area contributed by atoms with E-state index in [9.17, 15) is 0 Å². The highest BCUT2D eigenvalue weighted by atomic mass is 15.2. The molecule has 0 aromatic rings. The Labute approximate surface area is 88.1 Å². The van der Waals surface area contributed by atoms with Crippen molar-refractivity contribution in [2.24, 2.45) is 0 Å². The predicted molar refractivity (Wildman–Crippen MR) is 61.2 cm³/mol. The molecule has 2 atom stereocenters. The van der Waals surface area contributed by atoms with E-state index in [1.54, 1.807) is 0 Å². The lowest BCUT2D eigenvalue weighted by Gasteiger charge is -2.25. The van der Waals surface area contributed by atoms with Gasteiger partial charge >= 0.3 is 0 Å². The predicted octanol–water partition coefficient (Wildman–Crippen LogP) is 1.47. The molecular weight excluding hydrogens is 172 g/mol. The summed E-state index contributed by atoms with van der Waals surface area (Å²) in [6, 6.07) is 1.29. The van der Waals surface area contributed by atoms with Gasteiger partial charge in [0.25, 0.3) is 0 Å². The monoisotopic (exact) mass is 194 g/mol. The Morgan fingerprint density at radius 2 is 2.36 bits per heavy atom. The minimum atomic E-state index is 0.601. The molecule has 0 radical (unpaired) electrons. The first-order valence-corrected chi connectivity index (χ1v) is 5.72. The Balaban J connectivity index is 2.35. The van der Waals surface area contributed by atoms with E-state index in [0.29, 0.717) is 12.1 Å². The van der Waals surface area contributed by atoms with Crippen LogP contribution in [0, 0.1) is 12.3 Å². The first kappa shape index (κ1) is 11.6. The van der Waals surface area contributed by atoms with E-state index in [-0.39, 0.29) is 0 Å². The van der Waals surface area contributed by atoms with Crippen molar-refractivity contribution in [1.82, 2.24) is 10.2 Å². The lowest BCUT2D eigenvalue weighted by Crippen LogP contribution is -2.37. The topological polar surface area (TPSA) is 15.3 Å². The van der Waals surface area contributed by atoms with Crippen LogP contribution in [0.15, 0.2) is 0 Å². The molecule has 1 aliphatic rings. The molecule has 0 aromatic carbocycles. The quantitative estimate of drug-likeness (QED) is 0.667. The summed E-state index contributed by atoms with van der Waals surface area (Å²) in [5, 5.41) is 3.50. The average Bonchev–Trinajstić information content (AvgIpc) is 2.63. The van der Waals surface area contributed by atoms with Crippen LogP contribution < -0.4 is 5.32 Å². The SMILES string of the molecule is C#CCC(CC)N1CCC(NCC)C1. The van der Waals surface area contributed by atoms with Crippen molar-refractivity contribution in [3.8, 4) is 12.3 Å². The van der Waals surface area contributed by atoms with Crippen LogP contribution in [-0.2, 0) is 0 Å². The molecule has 0 aromatic heterocycles. The highest BCUT2D eigenvalue weighted by Gasteiger charge is 2.25. The molecule has 0 saturated carbocycles. The highest BCUT2D eigenvalue weighted by Crippen LogP contribution is 2.16. The molecule has 2 heteroatoms. The van der Waals surface area contributed by atoms with Gasteiger partial charge in [0.2, 0.25) is 0 Å². The van der Waals surface area contributed by atoms with Gasteiger partial charge in [-0.15, -0.1) is 12.3 Å². The van der Waals surface area contributed by atoms with Crippen LogP contribution in [0.2, 0.25) is 0 Å². The van der Waals surface area contributed by atoms with Gasteiger partial charge < -0.3 is 5.32 Å². The summed E-state index contributed by atoms with van der Waals surface area (Å²) in [5.74, 6) is 2.78. The van der Waals surface area contributed by atoms with E-state index in [1.807, 2.05) is 0 Å².